The molecule has 0 spiro atoms. The number of carbonyl (C=O) groups is 2. The van der Waals surface area contributed by atoms with Gasteiger partial charge in [-0.25, -0.2) is 4.79 Å². The van der Waals surface area contributed by atoms with Crippen molar-refractivity contribution in [1.82, 2.24) is 14.7 Å². The summed E-state index contributed by atoms with van der Waals surface area (Å²) in [5, 5.41) is 14.3. The highest BCUT2D eigenvalue weighted by molar-refractivity contribution is 5.91. The first-order valence-corrected chi connectivity index (χ1v) is 11.7. The van der Waals surface area contributed by atoms with Crippen LogP contribution in [-0.4, -0.2) is 57.5 Å². The van der Waals surface area contributed by atoms with Gasteiger partial charge in [0.05, 0.1) is 17.9 Å². The van der Waals surface area contributed by atoms with Crippen LogP contribution in [0.1, 0.15) is 57.1 Å². The van der Waals surface area contributed by atoms with Crippen molar-refractivity contribution >= 4 is 17.7 Å². The predicted octanol–water partition coefficient (Wildman–Crippen LogP) is 4.10. The summed E-state index contributed by atoms with van der Waals surface area (Å²) in [6, 6.07) is 4.13. The van der Waals surface area contributed by atoms with Gasteiger partial charge in [-0.2, -0.15) is 5.10 Å². The van der Waals surface area contributed by atoms with Crippen LogP contribution in [0.5, 0.6) is 5.75 Å². The second-order valence-electron chi connectivity index (χ2n) is 9.15. The van der Waals surface area contributed by atoms with E-state index in [2.05, 4.69) is 5.10 Å². The summed E-state index contributed by atoms with van der Waals surface area (Å²) in [6.45, 7) is 3.44. The van der Waals surface area contributed by atoms with E-state index in [9.17, 15) is 14.7 Å². The summed E-state index contributed by atoms with van der Waals surface area (Å²) in [7, 11) is 0. The quantitative estimate of drug-likeness (QED) is 0.760. The largest absolute Gasteiger partial charge is 0.483 e. The van der Waals surface area contributed by atoms with Gasteiger partial charge < -0.3 is 14.7 Å². The molecule has 0 bridgehead atoms. The van der Waals surface area contributed by atoms with E-state index in [1.54, 1.807) is 0 Å². The Labute approximate surface area is 187 Å². The number of hydrogen-bond acceptors (Lipinski definition) is 4. The first kappa shape index (κ1) is 20.8. The molecule has 170 valence electrons. The van der Waals surface area contributed by atoms with Gasteiger partial charge in [0.1, 0.15) is 5.75 Å². The Morgan fingerprint density at radius 1 is 1.16 bits per heavy atom. The summed E-state index contributed by atoms with van der Waals surface area (Å²) in [6.07, 6.45) is 9.82. The van der Waals surface area contributed by atoms with E-state index in [4.69, 9.17) is 4.74 Å². The number of fused-ring (bicyclic) bond motifs is 1. The van der Waals surface area contributed by atoms with E-state index < -0.39 is 6.09 Å². The van der Waals surface area contributed by atoms with Crippen LogP contribution in [0.3, 0.4) is 0 Å². The number of aromatic nitrogens is 2. The molecule has 1 aromatic heterocycles. The maximum Gasteiger partial charge on any atom is 0.412 e. The van der Waals surface area contributed by atoms with E-state index in [-0.39, 0.29) is 18.6 Å². The van der Waals surface area contributed by atoms with Crippen molar-refractivity contribution in [3.8, 4) is 16.9 Å². The zero-order valence-corrected chi connectivity index (χ0v) is 18.5. The molecule has 32 heavy (non-hydrogen) atoms. The van der Waals surface area contributed by atoms with Crippen molar-refractivity contribution in [3.05, 3.63) is 30.1 Å². The molecular weight excluding hydrogens is 408 g/mol. The normalized spacial score (nSPS) is 20.7. The molecule has 2 aliphatic heterocycles. The molecule has 2 fully saturated rings. The molecular formula is C24H30N4O4. The van der Waals surface area contributed by atoms with E-state index in [0.717, 1.165) is 61.9 Å². The highest BCUT2D eigenvalue weighted by Crippen LogP contribution is 2.44. The summed E-state index contributed by atoms with van der Waals surface area (Å²) in [5.74, 6) is 0.600. The third-order valence-corrected chi connectivity index (χ3v) is 6.84. The van der Waals surface area contributed by atoms with Crippen LogP contribution in [0.4, 0.5) is 10.5 Å². The van der Waals surface area contributed by atoms with Gasteiger partial charge in [-0.05, 0) is 64.0 Å². The lowest BCUT2D eigenvalue weighted by Gasteiger charge is -2.34. The topological polar surface area (TPSA) is 87.9 Å². The van der Waals surface area contributed by atoms with Crippen LogP contribution >= 0.6 is 0 Å². The van der Waals surface area contributed by atoms with Gasteiger partial charge in [0.25, 0.3) is 5.91 Å². The lowest BCUT2D eigenvalue weighted by Crippen LogP contribution is -2.41. The van der Waals surface area contributed by atoms with Crippen molar-refractivity contribution in [1.29, 1.82) is 0 Å². The van der Waals surface area contributed by atoms with Gasteiger partial charge in [-0.1, -0.05) is 0 Å². The van der Waals surface area contributed by atoms with Crippen LogP contribution < -0.4 is 9.64 Å². The molecule has 8 nitrogen and oxygen atoms in total. The fourth-order valence-corrected chi connectivity index (χ4v) is 4.87. The molecule has 5 rings (SSSR count). The number of carboxylic acid groups (broad SMARTS) is 1. The molecule has 1 saturated carbocycles. The smallest absolute Gasteiger partial charge is 0.412 e. The molecule has 1 N–H and O–H groups in total. The minimum Gasteiger partial charge on any atom is -0.483 e. The number of nitrogens with zero attached hydrogens (tertiary/aromatic N) is 4. The zero-order valence-electron chi connectivity index (χ0n) is 18.5. The van der Waals surface area contributed by atoms with Crippen LogP contribution in [0.25, 0.3) is 11.1 Å². The molecule has 0 radical (unpaired) electrons. The fraction of sp³-hybridized carbons (Fsp3) is 0.542. The van der Waals surface area contributed by atoms with Gasteiger partial charge >= 0.3 is 6.09 Å². The third-order valence-electron chi connectivity index (χ3n) is 6.84. The van der Waals surface area contributed by atoms with Gasteiger partial charge in [-0.3, -0.25) is 14.4 Å². The number of benzene rings is 1. The number of rotatable bonds is 5. The maximum absolute atomic E-state index is 12.8. The average Bonchev–Trinajstić information content (AvgIpc) is 3.54. The van der Waals surface area contributed by atoms with Crippen LogP contribution in [0.2, 0.25) is 0 Å². The minimum atomic E-state index is -0.969. The number of anilines is 1. The maximum atomic E-state index is 12.8. The van der Waals surface area contributed by atoms with Gasteiger partial charge in [0.15, 0.2) is 6.61 Å². The van der Waals surface area contributed by atoms with E-state index in [1.165, 1.54) is 4.90 Å². The highest BCUT2D eigenvalue weighted by atomic mass is 16.5. The average molecular weight is 439 g/mol. The van der Waals surface area contributed by atoms with E-state index in [0.29, 0.717) is 30.3 Å². The Hall–Kier alpha value is -3.03. The zero-order chi connectivity index (χ0) is 22.2. The molecule has 3 aliphatic rings. The van der Waals surface area contributed by atoms with E-state index >= 15 is 0 Å². The summed E-state index contributed by atoms with van der Waals surface area (Å²) in [4.78, 5) is 28.0. The second kappa shape index (κ2) is 8.48. The summed E-state index contributed by atoms with van der Waals surface area (Å²) < 4.78 is 8.19. The molecule has 1 saturated heterocycles. The molecule has 0 unspecified atom stereocenters. The number of amides is 2. The molecule has 1 aromatic carbocycles. The Bertz CT molecular complexity index is 1020. The summed E-state index contributed by atoms with van der Waals surface area (Å²) >= 11 is 0. The van der Waals surface area contributed by atoms with Crippen molar-refractivity contribution in [2.75, 3.05) is 24.6 Å². The van der Waals surface area contributed by atoms with Crippen molar-refractivity contribution in [2.24, 2.45) is 0 Å². The Morgan fingerprint density at radius 2 is 1.94 bits per heavy atom. The van der Waals surface area contributed by atoms with Gasteiger partial charge in [0.2, 0.25) is 0 Å². The minimum absolute atomic E-state index is 0.0128. The summed E-state index contributed by atoms with van der Waals surface area (Å²) in [5.41, 5.74) is 3.30. The lowest BCUT2D eigenvalue weighted by atomic mass is 9.92. The number of ether oxygens (including phenoxy) is 1. The molecule has 1 aliphatic carbocycles. The first-order valence-electron chi connectivity index (χ1n) is 11.7. The standard InChI is InChI=1S/C24H30N4O4/c1-16-5-8-20-21(28(16)24(30)31)10-9-19(17-13-25-27(14-17)18-6-7-18)23(20)32-15-22(29)26-11-3-2-4-12-26/h9-10,13-14,16,18H,2-8,11-12,15H2,1H3,(H,30,31)/t16-/m0/s1. The Morgan fingerprint density at radius 3 is 2.66 bits per heavy atom. The molecule has 2 aromatic rings. The van der Waals surface area contributed by atoms with Crippen molar-refractivity contribution in [2.45, 2.75) is 64.0 Å². The number of carbonyl (C=O) groups excluding carboxylic acids is 1. The van der Waals surface area contributed by atoms with E-state index in [1.807, 2.05) is 41.0 Å². The van der Waals surface area contributed by atoms with Crippen molar-refractivity contribution < 1.29 is 19.4 Å². The van der Waals surface area contributed by atoms with Gasteiger partial charge in [0, 0.05) is 42.0 Å². The number of piperidine rings is 1. The lowest BCUT2D eigenvalue weighted by molar-refractivity contribution is -0.134. The monoisotopic (exact) mass is 438 g/mol. The van der Waals surface area contributed by atoms with Gasteiger partial charge in [-0.15, -0.1) is 0 Å². The van der Waals surface area contributed by atoms with Crippen LogP contribution in [-0.2, 0) is 11.2 Å². The molecule has 8 heteroatoms. The molecule has 3 heterocycles. The van der Waals surface area contributed by atoms with Crippen molar-refractivity contribution in [3.63, 3.8) is 0 Å². The molecule has 2 amide bonds. The Balaban J connectivity index is 1.49. The van der Waals surface area contributed by atoms with Crippen LogP contribution in [0, 0.1) is 0 Å². The third kappa shape index (κ3) is 3.94. The SMILES string of the molecule is C[C@H]1CCc2c(ccc(-c3cnn(C4CC4)c3)c2OCC(=O)N2CCCCC2)N1C(=O)O. The fourth-order valence-electron chi connectivity index (χ4n) is 4.87. The highest BCUT2D eigenvalue weighted by Gasteiger charge is 2.32. The first-order chi connectivity index (χ1) is 15.5. The number of hydrogen-bond donors (Lipinski definition) is 1. The number of likely N-dealkylation sites (tertiary alicyclic amines) is 1. The predicted molar refractivity (Wildman–Crippen MR) is 120 cm³/mol. The Kier molecular flexibility index (Phi) is 5.53. The second-order valence-corrected chi connectivity index (χ2v) is 9.15. The van der Waals surface area contributed by atoms with Crippen LogP contribution in [0.15, 0.2) is 24.5 Å². The molecule has 1 atom stereocenters.